The van der Waals surface area contributed by atoms with Gasteiger partial charge in [-0.2, -0.15) is 0 Å². The van der Waals surface area contributed by atoms with Crippen molar-refractivity contribution in [3.05, 3.63) is 28.5 Å². The van der Waals surface area contributed by atoms with Gasteiger partial charge in [-0.15, -0.1) is 0 Å². The molecule has 0 bridgehead atoms. The van der Waals surface area contributed by atoms with Gasteiger partial charge < -0.3 is 4.74 Å². The molecule has 0 fully saturated rings. The van der Waals surface area contributed by atoms with Gasteiger partial charge in [0.15, 0.2) is 11.6 Å². The highest BCUT2D eigenvalue weighted by atomic mass is 35.5. The smallest absolute Gasteiger partial charge is 0.255 e. The Bertz CT molecular complexity index is 366. The number of ether oxygens (including phenoxy) is 1. The molecule has 1 rings (SSSR count). The molecule has 0 unspecified atom stereocenters. The maximum Gasteiger partial charge on any atom is 0.255 e. The summed E-state index contributed by atoms with van der Waals surface area (Å²) < 4.78 is 18.4. The summed E-state index contributed by atoms with van der Waals surface area (Å²) in [5, 5.41) is -0.758. The van der Waals surface area contributed by atoms with Crippen LogP contribution in [0.2, 0.25) is 5.02 Å². The van der Waals surface area contributed by atoms with E-state index in [1.807, 2.05) is 0 Å². The molecule has 0 aliphatic carbocycles. The molecule has 0 saturated carbocycles. The second kappa shape index (κ2) is 4.62. The number of benzene rings is 1. The molecular weight excluding hydrogens is 230 g/mol. The van der Waals surface area contributed by atoms with E-state index >= 15 is 0 Å². The standard InChI is InChI=1S/C9H7Cl2FO2/c1-2-14-8-6(10)4-3-5(7(8)12)9(11)13/h3-4H,2H2,1H3. The second-order valence-corrected chi connectivity index (χ2v) is 3.20. The van der Waals surface area contributed by atoms with Gasteiger partial charge in [0.25, 0.3) is 5.24 Å². The first-order chi connectivity index (χ1) is 6.57. The van der Waals surface area contributed by atoms with E-state index in [0.29, 0.717) is 0 Å². The lowest BCUT2D eigenvalue weighted by Gasteiger charge is -2.08. The molecule has 0 atom stereocenters. The van der Waals surface area contributed by atoms with Crippen LogP contribution in [0.1, 0.15) is 17.3 Å². The van der Waals surface area contributed by atoms with Crippen LogP contribution in [-0.2, 0) is 0 Å². The van der Waals surface area contributed by atoms with Gasteiger partial charge in [0.2, 0.25) is 0 Å². The van der Waals surface area contributed by atoms with E-state index in [2.05, 4.69) is 0 Å². The molecule has 0 spiro atoms. The average Bonchev–Trinajstić information content (AvgIpc) is 2.11. The van der Waals surface area contributed by atoms with Gasteiger partial charge in [-0.25, -0.2) is 4.39 Å². The molecule has 0 heterocycles. The Kier molecular flexibility index (Phi) is 3.72. The van der Waals surface area contributed by atoms with Crippen molar-refractivity contribution in [2.75, 3.05) is 6.61 Å². The lowest BCUT2D eigenvalue weighted by atomic mass is 10.2. The van der Waals surface area contributed by atoms with Crippen molar-refractivity contribution in [2.45, 2.75) is 6.92 Å². The summed E-state index contributed by atoms with van der Waals surface area (Å²) in [6.45, 7) is 1.95. The van der Waals surface area contributed by atoms with Gasteiger partial charge in [0, 0.05) is 0 Å². The minimum absolute atomic E-state index is 0.117. The fourth-order valence-corrected chi connectivity index (χ4v) is 1.31. The van der Waals surface area contributed by atoms with Crippen molar-refractivity contribution >= 4 is 28.4 Å². The van der Waals surface area contributed by atoms with E-state index in [0.717, 1.165) is 0 Å². The van der Waals surface area contributed by atoms with Crippen LogP contribution in [0.15, 0.2) is 12.1 Å². The summed E-state index contributed by atoms with van der Waals surface area (Å²) in [5.41, 5.74) is -0.237. The molecule has 1 aromatic rings. The molecule has 2 nitrogen and oxygen atoms in total. The molecule has 76 valence electrons. The lowest BCUT2D eigenvalue weighted by molar-refractivity contribution is 0.107. The van der Waals surface area contributed by atoms with Gasteiger partial charge in [-0.1, -0.05) is 11.6 Å². The Labute approximate surface area is 90.6 Å². The molecule has 0 N–H and O–H groups in total. The molecule has 0 aliphatic heterocycles. The first-order valence-electron chi connectivity index (χ1n) is 3.88. The fourth-order valence-electron chi connectivity index (χ4n) is 0.961. The first-order valence-corrected chi connectivity index (χ1v) is 4.64. The second-order valence-electron chi connectivity index (χ2n) is 2.44. The Morgan fingerprint density at radius 2 is 2.21 bits per heavy atom. The topological polar surface area (TPSA) is 26.3 Å². The minimum Gasteiger partial charge on any atom is -0.489 e. The Hall–Kier alpha value is -0.800. The van der Waals surface area contributed by atoms with Crippen LogP contribution in [0.4, 0.5) is 4.39 Å². The predicted octanol–water partition coefficient (Wildman–Crippen LogP) is 3.26. The zero-order chi connectivity index (χ0) is 10.7. The third-order valence-electron chi connectivity index (χ3n) is 1.55. The number of carbonyl (C=O) groups excluding carboxylic acids is 1. The van der Waals surface area contributed by atoms with E-state index in [4.69, 9.17) is 27.9 Å². The summed E-state index contributed by atoms with van der Waals surface area (Å²) in [4.78, 5) is 10.8. The third-order valence-corrected chi connectivity index (χ3v) is 2.05. The van der Waals surface area contributed by atoms with Crippen LogP contribution in [0.5, 0.6) is 5.75 Å². The molecule has 0 amide bonds. The van der Waals surface area contributed by atoms with E-state index in [1.165, 1.54) is 12.1 Å². The molecule has 0 saturated heterocycles. The van der Waals surface area contributed by atoms with Crippen LogP contribution in [0.25, 0.3) is 0 Å². The van der Waals surface area contributed by atoms with Crippen molar-refractivity contribution in [3.8, 4) is 5.75 Å². The fraction of sp³-hybridized carbons (Fsp3) is 0.222. The number of hydrogen-bond donors (Lipinski definition) is 0. The van der Waals surface area contributed by atoms with E-state index in [1.54, 1.807) is 6.92 Å². The monoisotopic (exact) mass is 236 g/mol. The van der Waals surface area contributed by atoms with Crippen molar-refractivity contribution in [2.24, 2.45) is 0 Å². The summed E-state index contributed by atoms with van der Waals surface area (Å²) in [6.07, 6.45) is 0. The van der Waals surface area contributed by atoms with Crippen LogP contribution in [-0.4, -0.2) is 11.8 Å². The van der Waals surface area contributed by atoms with Gasteiger partial charge in [0.1, 0.15) is 0 Å². The summed E-state index contributed by atoms with van der Waals surface area (Å²) >= 11 is 10.8. The lowest BCUT2D eigenvalue weighted by Crippen LogP contribution is -2.01. The number of hydrogen-bond acceptors (Lipinski definition) is 2. The highest BCUT2D eigenvalue weighted by molar-refractivity contribution is 6.67. The molecule has 0 radical (unpaired) electrons. The SMILES string of the molecule is CCOc1c(Cl)ccc(C(=O)Cl)c1F. The van der Waals surface area contributed by atoms with Gasteiger partial charge >= 0.3 is 0 Å². The zero-order valence-electron chi connectivity index (χ0n) is 7.31. The quantitative estimate of drug-likeness (QED) is 0.754. The Morgan fingerprint density at radius 3 is 2.71 bits per heavy atom. The normalized spacial score (nSPS) is 10.0. The Balaban J connectivity index is 3.26. The summed E-state index contributed by atoms with van der Waals surface area (Å²) in [7, 11) is 0. The third kappa shape index (κ3) is 2.16. The van der Waals surface area contributed by atoms with Gasteiger partial charge in [-0.05, 0) is 30.7 Å². The van der Waals surface area contributed by atoms with Crippen LogP contribution in [0.3, 0.4) is 0 Å². The first kappa shape index (κ1) is 11.3. The molecule has 0 aromatic heterocycles. The average molecular weight is 237 g/mol. The number of rotatable bonds is 3. The highest BCUT2D eigenvalue weighted by Crippen LogP contribution is 2.30. The van der Waals surface area contributed by atoms with Crippen molar-refractivity contribution < 1.29 is 13.9 Å². The zero-order valence-corrected chi connectivity index (χ0v) is 8.82. The highest BCUT2D eigenvalue weighted by Gasteiger charge is 2.17. The van der Waals surface area contributed by atoms with Crippen LogP contribution in [0, 0.1) is 5.82 Å². The maximum absolute atomic E-state index is 13.5. The van der Waals surface area contributed by atoms with E-state index in [9.17, 15) is 9.18 Å². The summed E-state index contributed by atoms with van der Waals surface area (Å²) in [6, 6.07) is 2.58. The predicted molar refractivity (Wildman–Crippen MR) is 52.8 cm³/mol. The molecular formula is C9H7Cl2FO2. The van der Waals surface area contributed by atoms with Gasteiger partial charge in [0.05, 0.1) is 17.2 Å². The van der Waals surface area contributed by atoms with Gasteiger partial charge in [-0.3, -0.25) is 4.79 Å². The van der Waals surface area contributed by atoms with E-state index in [-0.39, 0.29) is 22.9 Å². The molecule has 5 heteroatoms. The van der Waals surface area contributed by atoms with Crippen molar-refractivity contribution in [3.63, 3.8) is 0 Å². The van der Waals surface area contributed by atoms with Crippen molar-refractivity contribution in [1.82, 2.24) is 0 Å². The Morgan fingerprint density at radius 1 is 1.57 bits per heavy atom. The summed E-state index contributed by atoms with van der Waals surface area (Å²) in [5.74, 6) is -0.958. The largest absolute Gasteiger partial charge is 0.489 e. The van der Waals surface area contributed by atoms with Crippen LogP contribution < -0.4 is 4.74 Å². The van der Waals surface area contributed by atoms with Crippen LogP contribution >= 0.6 is 23.2 Å². The minimum atomic E-state index is -0.875. The molecule has 1 aromatic carbocycles. The molecule has 14 heavy (non-hydrogen) atoms. The van der Waals surface area contributed by atoms with E-state index < -0.39 is 11.1 Å². The van der Waals surface area contributed by atoms with Crippen molar-refractivity contribution in [1.29, 1.82) is 0 Å². The molecule has 0 aliphatic rings. The number of halogens is 3. The maximum atomic E-state index is 13.5. The number of carbonyl (C=O) groups is 1.